The highest BCUT2D eigenvalue weighted by Gasteiger charge is 2.29. The minimum atomic E-state index is -1.71. The van der Waals surface area contributed by atoms with E-state index >= 15 is 0 Å². The van der Waals surface area contributed by atoms with Crippen LogP contribution in [0, 0.1) is 0 Å². The summed E-state index contributed by atoms with van der Waals surface area (Å²) in [5.74, 6) is 1.26. The number of hydrogen-bond acceptors (Lipinski definition) is 3. The lowest BCUT2D eigenvalue weighted by Crippen LogP contribution is -2.47. The molecule has 0 radical (unpaired) electrons. The molecule has 0 heterocycles. The average Bonchev–Trinajstić information content (AvgIpc) is 2.60. The van der Waals surface area contributed by atoms with Gasteiger partial charge in [-0.15, -0.1) is 0 Å². The van der Waals surface area contributed by atoms with Gasteiger partial charge >= 0.3 is 0 Å². The van der Waals surface area contributed by atoms with Crippen LogP contribution in [0.5, 0.6) is 11.5 Å². The zero-order valence-electron chi connectivity index (χ0n) is 20.1. The summed E-state index contributed by atoms with van der Waals surface area (Å²) >= 11 is 0. The summed E-state index contributed by atoms with van der Waals surface area (Å²) in [6.07, 6.45) is 0.717. The molecule has 2 aromatic rings. The highest BCUT2D eigenvalue weighted by Crippen LogP contribution is 2.40. The standard InChI is InChI=1S/C23H34O2Si.C2H7N/c1-22(2,3)18-15-21(19(14-20(18)24)23(4,5)6)25-16-26(7,8)17-12-10-9-11-13-17;1-3-2/h9-15,24H,16H2,1-8H3;3H,1-2H3. The predicted octanol–water partition coefficient (Wildman–Crippen LogP) is 5.36. The van der Waals surface area contributed by atoms with Crippen molar-refractivity contribution in [2.24, 2.45) is 0 Å². The van der Waals surface area contributed by atoms with Gasteiger partial charge in [-0.3, -0.25) is 0 Å². The Morgan fingerprint density at radius 1 is 0.862 bits per heavy atom. The maximum Gasteiger partial charge on any atom is 0.124 e. The number of nitrogens with one attached hydrogen (secondary N) is 1. The molecule has 0 unspecified atom stereocenters. The Hall–Kier alpha value is -1.78. The van der Waals surface area contributed by atoms with E-state index in [-0.39, 0.29) is 10.8 Å². The summed E-state index contributed by atoms with van der Waals surface area (Å²) in [4.78, 5) is 0. The minimum Gasteiger partial charge on any atom is -0.508 e. The second-order valence-electron chi connectivity index (χ2n) is 10.4. The van der Waals surface area contributed by atoms with E-state index in [1.165, 1.54) is 5.19 Å². The molecular weight excluding hydrogens is 374 g/mol. The van der Waals surface area contributed by atoms with Crippen molar-refractivity contribution in [3.63, 3.8) is 0 Å². The Kier molecular flexibility index (Phi) is 8.55. The molecule has 4 heteroatoms. The van der Waals surface area contributed by atoms with E-state index in [2.05, 4.69) is 90.3 Å². The molecule has 2 aromatic carbocycles. The van der Waals surface area contributed by atoms with Gasteiger partial charge in [-0.2, -0.15) is 0 Å². The topological polar surface area (TPSA) is 41.5 Å². The molecule has 0 aliphatic heterocycles. The van der Waals surface area contributed by atoms with E-state index in [0.29, 0.717) is 12.0 Å². The van der Waals surface area contributed by atoms with Crippen molar-refractivity contribution < 1.29 is 9.84 Å². The number of ether oxygens (including phenoxy) is 1. The molecule has 0 aliphatic carbocycles. The first-order chi connectivity index (χ1) is 13.2. The van der Waals surface area contributed by atoms with Crippen LogP contribution in [0.1, 0.15) is 52.7 Å². The zero-order valence-corrected chi connectivity index (χ0v) is 21.1. The third-order valence-electron chi connectivity index (χ3n) is 4.86. The largest absolute Gasteiger partial charge is 0.508 e. The van der Waals surface area contributed by atoms with Crippen LogP contribution in [-0.2, 0) is 10.8 Å². The van der Waals surface area contributed by atoms with Gasteiger partial charge in [0.25, 0.3) is 0 Å². The van der Waals surface area contributed by atoms with Crippen LogP contribution in [-0.4, -0.2) is 33.5 Å². The maximum atomic E-state index is 10.6. The molecule has 29 heavy (non-hydrogen) atoms. The van der Waals surface area contributed by atoms with Crippen molar-refractivity contribution in [3.8, 4) is 11.5 Å². The summed E-state index contributed by atoms with van der Waals surface area (Å²) in [7, 11) is 2.04. The molecule has 0 bridgehead atoms. The van der Waals surface area contributed by atoms with Gasteiger partial charge in [0.1, 0.15) is 19.6 Å². The number of aromatic hydroxyl groups is 1. The molecule has 2 N–H and O–H groups in total. The Morgan fingerprint density at radius 3 is 1.79 bits per heavy atom. The highest BCUT2D eigenvalue weighted by molar-refractivity contribution is 6.89. The first kappa shape index (κ1) is 25.3. The zero-order chi connectivity index (χ0) is 22.5. The molecular formula is C25H41NO2Si. The molecule has 0 saturated carbocycles. The van der Waals surface area contributed by atoms with Gasteiger partial charge in [-0.1, -0.05) is 90.2 Å². The number of rotatable bonds is 4. The lowest BCUT2D eigenvalue weighted by molar-refractivity contribution is 0.360. The minimum absolute atomic E-state index is 0.0956. The first-order valence-electron chi connectivity index (χ1n) is 10.4. The van der Waals surface area contributed by atoms with Gasteiger partial charge in [-0.25, -0.2) is 0 Å². The predicted molar refractivity (Wildman–Crippen MR) is 130 cm³/mol. The van der Waals surface area contributed by atoms with Crippen LogP contribution in [0.25, 0.3) is 0 Å². The molecule has 0 atom stereocenters. The number of benzene rings is 2. The highest BCUT2D eigenvalue weighted by atomic mass is 28.3. The van der Waals surface area contributed by atoms with Crippen molar-refractivity contribution in [1.29, 1.82) is 0 Å². The maximum absolute atomic E-state index is 10.6. The Labute approximate surface area is 179 Å². The van der Waals surface area contributed by atoms with E-state index in [9.17, 15) is 5.11 Å². The van der Waals surface area contributed by atoms with Crippen molar-refractivity contribution in [2.75, 3.05) is 20.3 Å². The number of hydrogen-bond donors (Lipinski definition) is 2. The van der Waals surface area contributed by atoms with E-state index in [4.69, 9.17) is 4.74 Å². The van der Waals surface area contributed by atoms with Gasteiger partial charge in [0, 0.05) is 11.1 Å². The van der Waals surface area contributed by atoms with E-state index in [1.807, 2.05) is 26.2 Å². The molecule has 162 valence electrons. The second-order valence-corrected chi connectivity index (χ2v) is 15.0. The molecule has 0 saturated heterocycles. The van der Waals surface area contributed by atoms with Crippen LogP contribution >= 0.6 is 0 Å². The van der Waals surface area contributed by atoms with Gasteiger partial charge in [-0.05, 0) is 37.1 Å². The smallest absolute Gasteiger partial charge is 0.124 e. The van der Waals surface area contributed by atoms with Crippen LogP contribution in [0.3, 0.4) is 0 Å². The Balaban J connectivity index is 0.00000132. The molecule has 3 nitrogen and oxygen atoms in total. The summed E-state index contributed by atoms with van der Waals surface area (Å²) in [5.41, 5.74) is 1.76. The van der Waals surface area contributed by atoms with Crippen LogP contribution in [0.2, 0.25) is 13.1 Å². The lowest BCUT2D eigenvalue weighted by Gasteiger charge is -2.30. The average molecular weight is 416 g/mol. The van der Waals surface area contributed by atoms with Crippen LogP contribution in [0.15, 0.2) is 42.5 Å². The van der Waals surface area contributed by atoms with Crippen molar-refractivity contribution in [1.82, 2.24) is 5.32 Å². The third kappa shape index (κ3) is 7.20. The van der Waals surface area contributed by atoms with E-state index < -0.39 is 8.07 Å². The van der Waals surface area contributed by atoms with Crippen molar-refractivity contribution >= 4 is 13.3 Å². The van der Waals surface area contributed by atoms with Gasteiger partial charge < -0.3 is 15.2 Å². The fraction of sp³-hybridized carbons (Fsp3) is 0.520. The van der Waals surface area contributed by atoms with Gasteiger partial charge in [0.2, 0.25) is 0 Å². The van der Waals surface area contributed by atoms with Crippen molar-refractivity contribution in [2.45, 2.75) is 65.5 Å². The fourth-order valence-electron chi connectivity index (χ4n) is 3.11. The Morgan fingerprint density at radius 2 is 1.34 bits per heavy atom. The van der Waals surface area contributed by atoms with Gasteiger partial charge in [0.05, 0.1) is 6.23 Å². The summed E-state index contributed by atoms with van der Waals surface area (Å²) < 4.78 is 6.42. The molecule has 0 aromatic heterocycles. The third-order valence-corrected chi connectivity index (χ3v) is 7.62. The second kappa shape index (κ2) is 9.81. The first-order valence-corrected chi connectivity index (χ1v) is 13.6. The summed E-state index contributed by atoms with van der Waals surface area (Å²) in [6.45, 7) is 17.5. The fourth-order valence-corrected chi connectivity index (χ4v) is 4.88. The monoisotopic (exact) mass is 415 g/mol. The molecule has 0 spiro atoms. The summed E-state index contributed by atoms with van der Waals surface area (Å²) in [5, 5.41) is 14.7. The lowest BCUT2D eigenvalue weighted by atomic mass is 9.81. The molecule has 0 aliphatic rings. The van der Waals surface area contributed by atoms with Crippen LogP contribution in [0.4, 0.5) is 0 Å². The summed E-state index contributed by atoms with van der Waals surface area (Å²) in [6, 6.07) is 14.6. The van der Waals surface area contributed by atoms with Crippen molar-refractivity contribution in [3.05, 3.63) is 53.6 Å². The number of phenolic OH excluding ortho intramolecular Hbond substituents is 1. The quantitative estimate of drug-likeness (QED) is 0.661. The van der Waals surface area contributed by atoms with E-state index in [0.717, 1.165) is 16.9 Å². The number of phenols is 1. The molecule has 0 amide bonds. The molecule has 2 rings (SSSR count). The SMILES string of the molecule is CC(C)(C)c1cc(OC[Si](C)(C)c2ccccc2)c(C(C)(C)C)cc1O.CNC. The Bertz CT molecular complexity index is 772. The van der Waals surface area contributed by atoms with Crippen LogP contribution < -0.4 is 15.2 Å². The van der Waals surface area contributed by atoms with Gasteiger partial charge in [0.15, 0.2) is 0 Å². The molecule has 0 fully saturated rings. The normalized spacial score (nSPS) is 12.2. The van der Waals surface area contributed by atoms with E-state index in [1.54, 1.807) is 0 Å².